The summed E-state index contributed by atoms with van der Waals surface area (Å²) in [6, 6.07) is 5.59. The first-order valence-electron chi connectivity index (χ1n) is 10.4. The molecule has 33 heavy (non-hydrogen) atoms. The van der Waals surface area contributed by atoms with Crippen LogP contribution in [0.2, 0.25) is 0 Å². The number of ether oxygens (including phenoxy) is 1. The van der Waals surface area contributed by atoms with Crippen molar-refractivity contribution in [3.63, 3.8) is 0 Å². The van der Waals surface area contributed by atoms with Gasteiger partial charge in [-0.1, -0.05) is 43.0 Å². The molecule has 8 nitrogen and oxygen atoms in total. The molecule has 0 spiro atoms. The van der Waals surface area contributed by atoms with Crippen molar-refractivity contribution in [3.8, 4) is 0 Å². The minimum atomic E-state index is -0.761. The van der Waals surface area contributed by atoms with Crippen LogP contribution in [0.1, 0.15) is 41.3 Å². The van der Waals surface area contributed by atoms with Gasteiger partial charge in [-0.2, -0.15) is 0 Å². The lowest BCUT2D eigenvalue weighted by Crippen LogP contribution is -2.36. The number of hydrogen-bond donors (Lipinski definition) is 2. The van der Waals surface area contributed by atoms with Gasteiger partial charge in [-0.05, 0) is 49.6 Å². The minimum absolute atomic E-state index is 0.0590. The van der Waals surface area contributed by atoms with Gasteiger partial charge in [0, 0.05) is 12.1 Å². The van der Waals surface area contributed by atoms with Crippen molar-refractivity contribution >= 4 is 29.6 Å². The van der Waals surface area contributed by atoms with E-state index in [1.165, 1.54) is 24.5 Å². The third-order valence-corrected chi connectivity index (χ3v) is 5.16. The predicted octanol–water partition coefficient (Wildman–Crippen LogP) is 2.49. The van der Waals surface area contributed by atoms with E-state index in [1.54, 1.807) is 6.07 Å². The smallest absolute Gasteiger partial charge is 0.353 e. The molecule has 0 saturated carbocycles. The van der Waals surface area contributed by atoms with Crippen LogP contribution in [-0.4, -0.2) is 49.7 Å². The van der Waals surface area contributed by atoms with Gasteiger partial charge < -0.3 is 20.2 Å². The highest BCUT2D eigenvalue weighted by Gasteiger charge is 2.34. The van der Waals surface area contributed by atoms with Gasteiger partial charge in [0.1, 0.15) is 17.7 Å². The molecule has 8 heteroatoms. The first-order valence-corrected chi connectivity index (χ1v) is 10.4. The molecule has 2 N–H and O–H groups in total. The summed E-state index contributed by atoms with van der Waals surface area (Å²) in [6.07, 6.45) is 7.02. The van der Waals surface area contributed by atoms with Crippen LogP contribution in [0.15, 0.2) is 60.5 Å². The molecule has 3 rings (SSSR count). The van der Waals surface area contributed by atoms with Crippen molar-refractivity contribution in [2.75, 3.05) is 20.7 Å². The SMILES string of the molecule is C=C(NC(=O)C(=C)N1Cc2c(cccc2C2=CCCC(CNC)=C2)C1=O)C(=O)OC.CC=O. The number of methoxy groups -OCH3 is 1. The first-order chi connectivity index (χ1) is 15.8. The number of carbonyl (C=O) groups is 4. The Morgan fingerprint density at radius 3 is 2.55 bits per heavy atom. The number of aldehydes is 1. The molecular weight excluding hydrogens is 422 g/mol. The average molecular weight is 452 g/mol. The van der Waals surface area contributed by atoms with Crippen LogP contribution in [-0.2, 0) is 25.7 Å². The number of likely N-dealkylation sites (N-methyl/N-ethyl adjacent to an activating group) is 1. The molecule has 0 unspecified atom stereocenters. The number of esters is 1. The number of carbonyl (C=O) groups excluding carboxylic acids is 4. The van der Waals surface area contributed by atoms with E-state index in [1.807, 2.05) is 19.2 Å². The highest BCUT2D eigenvalue weighted by molar-refractivity contribution is 6.07. The van der Waals surface area contributed by atoms with E-state index in [4.69, 9.17) is 4.79 Å². The Bertz CT molecular complexity index is 1050. The minimum Gasteiger partial charge on any atom is -0.464 e. The first kappa shape index (κ1) is 25.5. The highest BCUT2D eigenvalue weighted by Crippen LogP contribution is 2.34. The Morgan fingerprint density at radius 2 is 1.91 bits per heavy atom. The maximum atomic E-state index is 12.9. The molecule has 0 saturated heterocycles. The fraction of sp³-hybridized carbons (Fsp3) is 0.280. The van der Waals surface area contributed by atoms with Crippen molar-refractivity contribution in [1.29, 1.82) is 0 Å². The van der Waals surface area contributed by atoms with Crippen molar-refractivity contribution in [3.05, 3.63) is 77.2 Å². The highest BCUT2D eigenvalue weighted by atomic mass is 16.5. The van der Waals surface area contributed by atoms with E-state index in [0.29, 0.717) is 5.56 Å². The molecule has 0 radical (unpaired) electrons. The summed E-state index contributed by atoms with van der Waals surface area (Å²) < 4.78 is 4.52. The number of rotatable bonds is 7. The van der Waals surface area contributed by atoms with Gasteiger partial charge in [-0.25, -0.2) is 4.79 Å². The van der Waals surface area contributed by atoms with Gasteiger partial charge in [-0.15, -0.1) is 0 Å². The molecule has 0 atom stereocenters. The zero-order chi connectivity index (χ0) is 24.5. The molecule has 0 aromatic heterocycles. The molecule has 0 bridgehead atoms. The van der Waals surface area contributed by atoms with Crippen LogP contribution in [0.25, 0.3) is 5.57 Å². The van der Waals surface area contributed by atoms with E-state index in [9.17, 15) is 14.4 Å². The molecular formula is C25H29N3O5. The number of allylic oxidation sites excluding steroid dienone is 3. The second-order valence-electron chi connectivity index (χ2n) is 7.36. The zero-order valence-corrected chi connectivity index (χ0v) is 19.2. The Balaban J connectivity index is 0.00000122. The second kappa shape index (κ2) is 11.7. The van der Waals surface area contributed by atoms with Crippen LogP contribution in [0.3, 0.4) is 0 Å². The third kappa shape index (κ3) is 5.93. The van der Waals surface area contributed by atoms with E-state index in [2.05, 4.69) is 40.7 Å². The summed E-state index contributed by atoms with van der Waals surface area (Å²) in [4.78, 5) is 47.0. The van der Waals surface area contributed by atoms with Crippen LogP contribution in [0.4, 0.5) is 0 Å². The summed E-state index contributed by atoms with van der Waals surface area (Å²) in [6.45, 7) is 9.70. The largest absolute Gasteiger partial charge is 0.464 e. The van der Waals surface area contributed by atoms with E-state index < -0.39 is 11.9 Å². The van der Waals surface area contributed by atoms with Crippen LogP contribution >= 0.6 is 0 Å². The van der Waals surface area contributed by atoms with E-state index >= 15 is 0 Å². The van der Waals surface area contributed by atoms with Crippen LogP contribution < -0.4 is 10.6 Å². The monoisotopic (exact) mass is 451 g/mol. The van der Waals surface area contributed by atoms with Crippen molar-refractivity contribution in [2.24, 2.45) is 0 Å². The Labute approximate surface area is 193 Å². The molecule has 0 fully saturated rings. The summed E-state index contributed by atoms with van der Waals surface area (Å²) in [5.74, 6) is -1.74. The molecule has 2 aliphatic rings. The molecule has 2 amide bonds. The Kier molecular flexibility index (Phi) is 9.06. The van der Waals surface area contributed by atoms with Gasteiger partial charge >= 0.3 is 5.97 Å². The quantitative estimate of drug-likeness (QED) is 0.375. The standard InChI is InChI=1S/C23H25N3O4.C2H4O/c1-14(23(29)30-4)25-21(27)15(2)26-13-20-18(9-6-10-19(20)22(26)28)17-8-5-7-16(11-17)12-24-3;1-2-3/h6,8-11,24H,1-2,5,7,12-13H2,3-4H3,(H,25,27);2H,1H3. The lowest BCUT2D eigenvalue weighted by atomic mass is 9.90. The fourth-order valence-corrected chi connectivity index (χ4v) is 3.65. The lowest BCUT2D eigenvalue weighted by Gasteiger charge is -2.19. The Hall–Kier alpha value is -3.78. The molecule has 1 aliphatic heterocycles. The number of benzene rings is 1. The van der Waals surface area contributed by atoms with Gasteiger partial charge in [0.25, 0.3) is 11.8 Å². The van der Waals surface area contributed by atoms with Crippen molar-refractivity contribution in [1.82, 2.24) is 15.5 Å². The van der Waals surface area contributed by atoms with Crippen molar-refractivity contribution < 1.29 is 23.9 Å². The number of amides is 2. The van der Waals surface area contributed by atoms with Crippen LogP contribution in [0.5, 0.6) is 0 Å². The van der Waals surface area contributed by atoms with Gasteiger partial charge in [0.05, 0.1) is 13.7 Å². The van der Waals surface area contributed by atoms with Crippen LogP contribution in [0, 0.1) is 0 Å². The number of nitrogens with one attached hydrogen (secondary N) is 2. The third-order valence-electron chi connectivity index (χ3n) is 5.16. The van der Waals surface area contributed by atoms with Crippen molar-refractivity contribution in [2.45, 2.75) is 26.3 Å². The summed E-state index contributed by atoms with van der Waals surface area (Å²) in [5, 5.41) is 5.50. The van der Waals surface area contributed by atoms with Gasteiger partial charge in [0.15, 0.2) is 0 Å². The second-order valence-corrected chi connectivity index (χ2v) is 7.36. The maximum absolute atomic E-state index is 12.9. The molecule has 1 aromatic carbocycles. The Morgan fingerprint density at radius 1 is 1.24 bits per heavy atom. The molecule has 1 heterocycles. The van der Waals surface area contributed by atoms with E-state index in [-0.39, 0.29) is 23.8 Å². The number of fused-ring (bicyclic) bond motifs is 1. The number of hydrogen-bond acceptors (Lipinski definition) is 6. The molecule has 1 aliphatic carbocycles. The summed E-state index contributed by atoms with van der Waals surface area (Å²) in [7, 11) is 3.11. The topological polar surface area (TPSA) is 105 Å². The molecule has 1 aromatic rings. The van der Waals surface area contributed by atoms with Gasteiger partial charge in [-0.3, -0.25) is 14.5 Å². The van der Waals surface area contributed by atoms with E-state index in [0.717, 1.165) is 42.4 Å². The fourth-order valence-electron chi connectivity index (χ4n) is 3.65. The summed E-state index contributed by atoms with van der Waals surface area (Å²) >= 11 is 0. The normalized spacial score (nSPS) is 14.2. The maximum Gasteiger partial charge on any atom is 0.353 e. The van der Waals surface area contributed by atoms with Gasteiger partial charge in [0.2, 0.25) is 0 Å². The average Bonchev–Trinajstić information content (AvgIpc) is 3.15. The zero-order valence-electron chi connectivity index (χ0n) is 19.2. The number of nitrogens with zero attached hydrogens (tertiary/aromatic N) is 1. The summed E-state index contributed by atoms with van der Waals surface area (Å²) in [5.41, 5.74) is 4.48. The predicted molar refractivity (Wildman–Crippen MR) is 126 cm³/mol. The lowest BCUT2D eigenvalue weighted by molar-refractivity contribution is -0.137. The molecule has 174 valence electrons.